The zero-order valence-electron chi connectivity index (χ0n) is 16.3. The summed E-state index contributed by atoms with van der Waals surface area (Å²) < 4.78 is 29.5. The smallest absolute Gasteiger partial charge is 0.203 e. The van der Waals surface area contributed by atoms with Crippen LogP contribution in [0, 0.1) is 5.82 Å². The van der Waals surface area contributed by atoms with Gasteiger partial charge in [0, 0.05) is 5.56 Å². The van der Waals surface area contributed by atoms with Crippen LogP contribution in [0.2, 0.25) is 0 Å². The van der Waals surface area contributed by atoms with Crippen LogP contribution in [0.1, 0.15) is 11.1 Å². The summed E-state index contributed by atoms with van der Waals surface area (Å²) in [5.74, 6) is 1.91. The van der Waals surface area contributed by atoms with E-state index in [4.69, 9.17) is 14.2 Å². The number of hydrogen-bond acceptors (Lipinski definition) is 3. The molecule has 1 aliphatic heterocycles. The van der Waals surface area contributed by atoms with Crippen molar-refractivity contribution in [2.75, 3.05) is 47.5 Å². The Morgan fingerprint density at radius 3 is 1.89 bits per heavy atom. The summed E-state index contributed by atoms with van der Waals surface area (Å²) in [6.07, 6.45) is 0. The minimum atomic E-state index is -0.174. The van der Waals surface area contributed by atoms with Crippen LogP contribution in [0.3, 0.4) is 0 Å². The maximum atomic E-state index is 13.0. The van der Waals surface area contributed by atoms with Crippen LogP contribution in [0.4, 0.5) is 4.39 Å². The average molecular weight is 376 g/mol. The van der Waals surface area contributed by atoms with E-state index in [0.29, 0.717) is 11.5 Å². The van der Waals surface area contributed by atoms with Crippen molar-refractivity contribution in [3.8, 4) is 17.2 Å². The first-order valence-corrected chi connectivity index (χ1v) is 9.34. The van der Waals surface area contributed by atoms with Gasteiger partial charge < -0.3 is 24.0 Å². The summed E-state index contributed by atoms with van der Waals surface area (Å²) in [5, 5.41) is 0. The lowest BCUT2D eigenvalue weighted by Crippen LogP contribution is -3.27. The zero-order chi connectivity index (χ0) is 19.2. The molecule has 1 aliphatic rings. The van der Waals surface area contributed by atoms with Crippen molar-refractivity contribution < 1.29 is 28.4 Å². The van der Waals surface area contributed by atoms with Gasteiger partial charge in [-0.3, -0.25) is 0 Å². The predicted octanol–water partition coefficient (Wildman–Crippen LogP) is 0.335. The number of hydrogen-bond donors (Lipinski definition) is 2. The van der Waals surface area contributed by atoms with Crippen LogP contribution in [0.15, 0.2) is 36.4 Å². The number of nitrogens with one attached hydrogen (secondary N) is 2. The number of methoxy groups -OCH3 is 3. The molecule has 0 unspecified atom stereocenters. The topological polar surface area (TPSA) is 36.6 Å². The van der Waals surface area contributed by atoms with Gasteiger partial charge in [-0.1, -0.05) is 12.1 Å². The monoisotopic (exact) mass is 376 g/mol. The van der Waals surface area contributed by atoms with Gasteiger partial charge in [-0.2, -0.15) is 0 Å². The first-order chi connectivity index (χ1) is 13.1. The molecule has 0 atom stereocenters. The van der Waals surface area contributed by atoms with Gasteiger partial charge in [0.1, 0.15) is 45.1 Å². The van der Waals surface area contributed by atoms with Crippen LogP contribution >= 0.6 is 0 Å². The van der Waals surface area contributed by atoms with Crippen molar-refractivity contribution in [1.82, 2.24) is 0 Å². The highest BCUT2D eigenvalue weighted by atomic mass is 19.1. The van der Waals surface area contributed by atoms with Crippen LogP contribution < -0.4 is 24.0 Å². The lowest BCUT2D eigenvalue weighted by atomic mass is 10.1. The molecule has 27 heavy (non-hydrogen) atoms. The summed E-state index contributed by atoms with van der Waals surface area (Å²) in [7, 11) is 4.93. The SMILES string of the molecule is COc1ccc(C[NH+]2CC[NH+](Cc3ccc(F)cc3)CC2)c(OC)c1OC. The lowest BCUT2D eigenvalue weighted by Gasteiger charge is -2.30. The Morgan fingerprint density at radius 1 is 0.741 bits per heavy atom. The van der Waals surface area contributed by atoms with E-state index in [9.17, 15) is 4.39 Å². The maximum absolute atomic E-state index is 13.0. The van der Waals surface area contributed by atoms with Crippen molar-refractivity contribution in [3.05, 3.63) is 53.3 Å². The fourth-order valence-corrected chi connectivity index (χ4v) is 3.77. The molecule has 2 N–H and O–H groups in total. The van der Waals surface area contributed by atoms with Gasteiger partial charge in [-0.25, -0.2) is 4.39 Å². The fraction of sp³-hybridized carbons (Fsp3) is 0.429. The molecule has 2 aromatic carbocycles. The van der Waals surface area contributed by atoms with Gasteiger partial charge in [-0.05, 0) is 24.3 Å². The number of benzene rings is 2. The van der Waals surface area contributed by atoms with Gasteiger partial charge in [0.25, 0.3) is 0 Å². The molecule has 0 radical (unpaired) electrons. The minimum Gasteiger partial charge on any atom is -0.493 e. The highest BCUT2D eigenvalue weighted by Crippen LogP contribution is 2.39. The predicted molar refractivity (Wildman–Crippen MR) is 101 cm³/mol. The van der Waals surface area contributed by atoms with Gasteiger partial charge >= 0.3 is 0 Å². The normalized spacial score (nSPS) is 19.6. The van der Waals surface area contributed by atoms with Crippen molar-refractivity contribution in [1.29, 1.82) is 0 Å². The van der Waals surface area contributed by atoms with Gasteiger partial charge in [0.2, 0.25) is 5.75 Å². The van der Waals surface area contributed by atoms with E-state index in [2.05, 4.69) is 6.07 Å². The molecule has 0 aliphatic carbocycles. The number of rotatable bonds is 7. The maximum Gasteiger partial charge on any atom is 0.203 e. The van der Waals surface area contributed by atoms with Gasteiger partial charge in [-0.15, -0.1) is 0 Å². The Hall–Kier alpha value is -2.31. The third-order valence-corrected chi connectivity index (χ3v) is 5.26. The molecule has 0 spiro atoms. The quantitative estimate of drug-likeness (QED) is 0.732. The molecule has 1 heterocycles. The molecule has 0 bridgehead atoms. The number of halogens is 1. The fourth-order valence-electron chi connectivity index (χ4n) is 3.77. The standard InChI is InChI=1S/C21H27FN2O3/c1-25-19-9-6-17(20(26-2)21(19)27-3)15-24-12-10-23(11-13-24)14-16-4-7-18(22)8-5-16/h4-9H,10-15H2,1-3H3/p+2. The van der Waals surface area contributed by atoms with Crippen molar-refractivity contribution >= 4 is 0 Å². The summed E-state index contributed by atoms with van der Waals surface area (Å²) in [6.45, 7) is 6.23. The van der Waals surface area contributed by atoms with E-state index >= 15 is 0 Å². The molecule has 2 aromatic rings. The van der Waals surface area contributed by atoms with Crippen LogP contribution in [-0.4, -0.2) is 47.5 Å². The molecule has 5 nitrogen and oxygen atoms in total. The van der Waals surface area contributed by atoms with E-state index in [-0.39, 0.29) is 5.82 Å². The highest BCUT2D eigenvalue weighted by Gasteiger charge is 2.25. The molecular weight excluding hydrogens is 347 g/mol. The minimum absolute atomic E-state index is 0.174. The Morgan fingerprint density at radius 2 is 1.33 bits per heavy atom. The first-order valence-electron chi connectivity index (χ1n) is 9.34. The van der Waals surface area contributed by atoms with E-state index in [1.807, 2.05) is 18.2 Å². The second-order valence-corrected chi connectivity index (χ2v) is 6.97. The molecule has 0 saturated carbocycles. The largest absolute Gasteiger partial charge is 0.493 e. The van der Waals surface area contributed by atoms with E-state index in [1.54, 1.807) is 38.4 Å². The second-order valence-electron chi connectivity index (χ2n) is 6.97. The van der Waals surface area contributed by atoms with Gasteiger partial charge in [0.05, 0.1) is 26.9 Å². The number of piperazine rings is 1. The molecule has 146 valence electrons. The van der Waals surface area contributed by atoms with Crippen molar-refractivity contribution in [2.24, 2.45) is 0 Å². The molecular formula is C21H29FN2O3+2. The third-order valence-electron chi connectivity index (χ3n) is 5.26. The Balaban J connectivity index is 1.60. The van der Waals surface area contributed by atoms with Crippen molar-refractivity contribution in [3.63, 3.8) is 0 Å². The van der Waals surface area contributed by atoms with Crippen LogP contribution in [-0.2, 0) is 13.1 Å². The molecule has 3 rings (SSSR count). The van der Waals surface area contributed by atoms with Crippen molar-refractivity contribution in [2.45, 2.75) is 13.1 Å². The first kappa shape index (κ1) is 19.5. The molecule has 6 heteroatoms. The summed E-state index contributed by atoms with van der Waals surface area (Å²) in [4.78, 5) is 3.08. The molecule has 1 fully saturated rings. The Bertz CT molecular complexity index is 744. The Labute approximate surface area is 160 Å². The van der Waals surface area contributed by atoms with E-state index in [1.165, 1.54) is 10.5 Å². The Kier molecular flexibility index (Phi) is 6.53. The van der Waals surface area contributed by atoms with Gasteiger partial charge in [0.15, 0.2) is 11.5 Å². The highest BCUT2D eigenvalue weighted by molar-refractivity contribution is 5.55. The molecule has 0 aromatic heterocycles. The molecule has 0 amide bonds. The lowest BCUT2D eigenvalue weighted by molar-refractivity contribution is -1.02. The summed E-state index contributed by atoms with van der Waals surface area (Å²) >= 11 is 0. The van der Waals surface area contributed by atoms with E-state index in [0.717, 1.165) is 50.6 Å². The third kappa shape index (κ3) is 4.70. The van der Waals surface area contributed by atoms with Crippen LogP contribution in [0.25, 0.3) is 0 Å². The number of quaternary nitrogens is 2. The van der Waals surface area contributed by atoms with E-state index < -0.39 is 0 Å². The second kappa shape index (κ2) is 9.06. The zero-order valence-corrected chi connectivity index (χ0v) is 16.3. The average Bonchev–Trinajstić information content (AvgIpc) is 2.70. The number of ether oxygens (including phenoxy) is 3. The summed E-state index contributed by atoms with van der Waals surface area (Å²) in [6, 6.07) is 10.8. The summed E-state index contributed by atoms with van der Waals surface area (Å²) in [5.41, 5.74) is 2.32. The van der Waals surface area contributed by atoms with Crippen LogP contribution in [0.5, 0.6) is 17.2 Å². The molecule has 1 saturated heterocycles.